The van der Waals surface area contributed by atoms with E-state index in [9.17, 15) is 25.2 Å². The third-order valence-corrected chi connectivity index (χ3v) is 12.9. The maximum Gasteiger partial charge on any atom is 0.331 e. The molecular formula is C31H49NO9. The van der Waals surface area contributed by atoms with E-state index in [4.69, 9.17) is 19.0 Å². The highest BCUT2D eigenvalue weighted by atomic mass is 16.7. The highest BCUT2D eigenvalue weighted by molar-refractivity contribution is 5.85. The lowest BCUT2D eigenvalue weighted by atomic mass is 9.42. The Bertz CT molecular complexity index is 1050. The van der Waals surface area contributed by atoms with Crippen molar-refractivity contribution in [2.75, 3.05) is 20.8 Å². The number of methoxy groups -OCH3 is 1. The first-order valence-corrected chi connectivity index (χ1v) is 15.5. The molecule has 0 aromatic carbocycles. The molecule has 10 nitrogen and oxygen atoms in total. The Morgan fingerprint density at radius 2 is 1.76 bits per heavy atom. The minimum absolute atomic E-state index is 0.00246. The van der Waals surface area contributed by atoms with Crippen LogP contribution in [0.3, 0.4) is 0 Å². The largest absolute Gasteiger partial charge is 0.458 e. The van der Waals surface area contributed by atoms with Gasteiger partial charge >= 0.3 is 5.97 Å². The third kappa shape index (κ3) is 4.23. The van der Waals surface area contributed by atoms with E-state index in [1.165, 1.54) is 7.11 Å². The first-order chi connectivity index (χ1) is 19.4. The second-order valence-corrected chi connectivity index (χ2v) is 14.3. The lowest BCUT2D eigenvalue weighted by Crippen LogP contribution is -2.68. The average Bonchev–Trinajstić information content (AvgIpc) is 3.49. The second-order valence-electron chi connectivity index (χ2n) is 14.3. The first-order valence-electron chi connectivity index (χ1n) is 15.5. The summed E-state index contributed by atoms with van der Waals surface area (Å²) in [5, 5.41) is 47.7. The normalized spacial score (nSPS) is 53.4. The van der Waals surface area contributed by atoms with Crippen LogP contribution >= 0.6 is 0 Å². The van der Waals surface area contributed by atoms with Crippen LogP contribution < -0.4 is 0 Å². The Balaban J connectivity index is 1.21. The number of fused-ring (bicyclic) bond motifs is 5. The van der Waals surface area contributed by atoms with Gasteiger partial charge in [0, 0.05) is 24.6 Å². The predicted molar refractivity (Wildman–Crippen MR) is 147 cm³/mol. The molecule has 4 saturated carbocycles. The van der Waals surface area contributed by atoms with Gasteiger partial charge in [-0.3, -0.25) is 4.84 Å². The minimum atomic E-state index is -1.17. The van der Waals surface area contributed by atoms with Crippen molar-refractivity contribution < 1.29 is 44.3 Å². The molecule has 0 amide bonds. The zero-order chi connectivity index (χ0) is 29.5. The fraction of sp³-hybridized carbons (Fsp3) is 0.903. The third-order valence-electron chi connectivity index (χ3n) is 12.9. The Kier molecular flexibility index (Phi) is 7.67. The number of aliphatic hydroxyl groups is 4. The van der Waals surface area contributed by atoms with Gasteiger partial charge in [-0.25, -0.2) is 4.79 Å². The topological polar surface area (TPSA) is 138 Å². The number of aliphatic hydroxyl groups excluding tert-OH is 3. The molecule has 2 aliphatic heterocycles. The number of rotatable bonds is 5. The fourth-order valence-corrected chi connectivity index (χ4v) is 10.6. The van der Waals surface area contributed by atoms with Crippen LogP contribution in [0.2, 0.25) is 0 Å². The molecule has 4 N–H and O–H groups in total. The Hall–Kier alpha value is -1.11. The number of esters is 1. The van der Waals surface area contributed by atoms with Crippen molar-refractivity contribution in [3.8, 4) is 0 Å². The molecule has 0 bridgehead atoms. The Labute approximate surface area is 242 Å². The van der Waals surface area contributed by atoms with Crippen molar-refractivity contribution in [1.82, 2.24) is 5.06 Å². The summed E-state index contributed by atoms with van der Waals surface area (Å²) in [7, 11) is 3.09. The zero-order valence-electron chi connectivity index (χ0n) is 25.1. The monoisotopic (exact) mass is 579 g/mol. The summed E-state index contributed by atoms with van der Waals surface area (Å²) in [6.45, 7) is 6.47. The quantitative estimate of drug-likeness (QED) is 0.282. The van der Waals surface area contributed by atoms with Crippen LogP contribution in [0.15, 0.2) is 11.6 Å². The summed E-state index contributed by atoms with van der Waals surface area (Å²) in [6, 6.07) is -0.00246. The molecule has 0 unspecified atom stereocenters. The molecule has 2 heterocycles. The molecule has 41 heavy (non-hydrogen) atoms. The number of nitrogens with zero attached hydrogens (tertiary/aromatic N) is 1. The number of carbonyl (C=O) groups is 1. The molecular weight excluding hydrogens is 530 g/mol. The van der Waals surface area contributed by atoms with E-state index >= 15 is 0 Å². The maximum atomic E-state index is 12.5. The number of cyclic esters (lactones) is 1. The summed E-state index contributed by atoms with van der Waals surface area (Å²) in [5.74, 6) is 0.230. The molecule has 10 heteroatoms. The Morgan fingerprint density at radius 3 is 2.41 bits per heavy atom. The molecule has 5 fully saturated rings. The van der Waals surface area contributed by atoms with Gasteiger partial charge in [0.25, 0.3) is 0 Å². The zero-order valence-corrected chi connectivity index (χ0v) is 25.1. The van der Waals surface area contributed by atoms with Gasteiger partial charge in [0.05, 0.1) is 24.9 Å². The van der Waals surface area contributed by atoms with Gasteiger partial charge in [-0.1, -0.05) is 13.8 Å². The molecule has 0 aromatic rings. The fourth-order valence-electron chi connectivity index (χ4n) is 10.6. The summed E-state index contributed by atoms with van der Waals surface area (Å²) in [5.41, 5.74) is -0.858. The smallest absolute Gasteiger partial charge is 0.331 e. The van der Waals surface area contributed by atoms with Crippen molar-refractivity contribution in [2.24, 2.45) is 34.5 Å². The van der Waals surface area contributed by atoms with Crippen molar-refractivity contribution >= 4 is 5.97 Å². The van der Waals surface area contributed by atoms with Gasteiger partial charge in [0.15, 0.2) is 6.23 Å². The van der Waals surface area contributed by atoms with Crippen molar-refractivity contribution in [2.45, 2.75) is 121 Å². The first kappa shape index (κ1) is 29.9. The van der Waals surface area contributed by atoms with Gasteiger partial charge in [-0.2, -0.15) is 5.06 Å². The molecule has 0 radical (unpaired) electrons. The molecule has 4 aliphatic carbocycles. The number of ether oxygens (including phenoxy) is 3. The Morgan fingerprint density at radius 1 is 1.00 bits per heavy atom. The van der Waals surface area contributed by atoms with E-state index < -0.39 is 47.8 Å². The van der Waals surface area contributed by atoms with Gasteiger partial charge in [0.2, 0.25) is 0 Å². The molecule has 232 valence electrons. The molecule has 0 aromatic heterocycles. The van der Waals surface area contributed by atoms with Crippen LogP contribution in [0.1, 0.15) is 72.1 Å². The van der Waals surface area contributed by atoms with E-state index in [1.807, 2.05) is 13.8 Å². The van der Waals surface area contributed by atoms with Crippen LogP contribution in [0, 0.1) is 34.5 Å². The minimum Gasteiger partial charge on any atom is -0.458 e. The molecule has 1 saturated heterocycles. The van der Waals surface area contributed by atoms with E-state index in [-0.39, 0.29) is 41.8 Å². The van der Waals surface area contributed by atoms with Crippen LogP contribution in [0.25, 0.3) is 0 Å². The molecule has 6 aliphatic rings. The molecule has 0 spiro atoms. The summed E-state index contributed by atoms with van der Waals surface area (Å²) < 4.78 is 16.7. The average molecular weight is 580 g/mol. The van der Waals surface area contributed by atoms with Crippen molar-refractivity contribution in [1.29, 1.82) is 0 Å². The van der Waals surface area contributed by atoms with Crippen molar-refractivity contribution in [3.63, 3.8) is 0 Å². The highest BCUT2D eigenvalue weighted by Crippen LogP contribution is 2.70. The molecule has 6 rings (SSSR count). The highest BCUT2D eigenvalue weighted by Gasteiger charge is 2.71. The SMILES string of the molecule is CO[C@H]1[C@H](O)[C@@H](O)[C@H](N(OC)[C@H]2CC[C@@]3(C)[C@H](CC[C@@H]4[C@@H]3C[C@@H](O)[C@]3(C)[C@@H](C5=CC(=O)OC5)CC[C@]43O)C2)O[C@@H]1C. The van der Waals surface area contributed by atoms with Crippen LogP contribution in [0.5, 0.6) is 0 Å². The summed E-state index contributed by atoms with van der Waals surface area (Å²) in [4.78, 5) is 17.7. The lowest BCUT2D eigenvalue weighted by Gasteiger charge is -2.65. The maximum absolute atomic E-state index is 12.5. The number of hydrogen-bond donors (Lipinski definition) is 4. The van der Waals surface area contributed by atoms with Crippen molar-refractivity contribution in [3.05, 3.63) is 11.6 Å². The molecule has 14 atom stereocenters. The van der Waals surface area contributed by atoms with Crippen LogP contribution in [0.4, 0.5) is 0 Å². The van der Waals surface area contributed by atoms with E-state index in [1.54, 1.807) is 18.2 Å². The number of carbonyl (C=O) groups excluding carboxylic acids is 1. The lowest BCUT2D eigenvalue weighted by molar-refractivity contribution is -0.342. The van der Waals surface area contributed by atoms with E-state index in [0.29, 0.717) is 18.8 Å². The second kappa shape index (κ2) is 10.5. The van der Waals surface area contributed by atoms with E-state index in [2.05, 4.69) is 6.92 Å². The number of hydrogen-bond acceptors (Lipinski definition) is 10. The van der Waals surface area contributed by atoms with Gasteiger partial charge < -0.3 is 34.6 Å². The van der Waals surface area contributed by atoms with Gasteiger partial charge in [-0.05, 0) is 93.0 Å². The summed E-state index contributed by atoms with van der Waals surface area (Å²) in [6.07, 6.45) is 3.22. The van der Waals surface area contributed by atoms with Gasteiger partial charge in [0.1, 0.15) is 24.9 Å². The standard InChI is InChI=1S/C31H49NO9/c1-16-27(38-4)25(35)26(36)28(41-16)32(39-5)19-8-10-29(2)18(13-19)6-7-21-22(29)14-23(33)30(3)20(9-11-31(21,30)37)17-12-24(34)40-15-17/h12,16,18-23,25-28,33,35-37H,6-11,13-15H2,1-5H3/t16-,18-,19+,20-,21-,22+,23-,25-,26-,27-,28-,29+,30+,31+/m1/s1. The van der Waals surface area contributed by atoms with E-state index in [0.717, 1.165) is 44.1 Å². The number of hydroxylamine groups is 2. The summed E-state index contributed by atoms with van der Waals surface area (Å²) >= 11 is 0. The predicted octanol–water partition coefficient (Wildman–Crippen LogP) is 1.93. The van der Waals surface area contributed by atoms with Crippen LogP contribution in [-0.2, 0) is 23.8 Å². The van der Waals surface area contributed by atoms with Crippen LogP contribution in [-0.4, -0.2) is 101 Å². The van der Waals surface area contributed by atoms with Gasteiger partial charge in [-0.15, -0.1) is 0 Å².